The lowest BCUT2D eigenvalue weighted by Crippen LogP contribution is -2.36. The minimum atomic E-state index is -2.20. The Morgan fingerprint density at radius 3 is 2.33 bits per heavy atom. The third kappa shape index (κ3) is 4.11. The monoisotopic (exact) mass is 635 g/mol. The lowest BCUT2D eigenvalue weighted by molar-refractivity contribution is 0.0790. The van der Waals surface area contributed by atoms with E-state index in [9.17, 15) is 39.3 Å². The quantitative estimate of drug-likeness (QED) is 0.0979. The summed E-state index contributed by atoms with van der Waals surface area (Å²) in [5.41, 5.74) is -5.48. The molecule has 0 aliphatic heterocycles. The number of phenols is 3. The molecule has 1 aromatic heterocycles. The Morgan fingerprint density at radius 1 is 1.02 bits per heavy atom. The number of Topliss-reactive ketones (excluding diaryl/α,β-unsaturated/α-hetero) is 3. The molecule has 0 radical (unpaired) electrons. The average Bonchev–Trinajstić information content (AvgIpc) is 3.50. The molecule has 0 saturated heterocycles. The van der Waals surface area contributed by atoms with Gasteiger partial charge < -0.3 is 34.8 Å². The predicted molar refractivity (Wildman–Crippen MR) is 160 cm³/mol. The van der Waals surface area contributed by atoms with E-state index in [-0.39, 0.29) is 45.5 Å². The summed E-state index contributed by atoms with van der Waals surface area (Å²) in [6.07, 6.45) is 2.57. The lowest BCUT2D eigenvalue weighted by Gasteiger charge is -2.23. The van der Waals surface area contributed by atoms with Crippen LogP contribution in [-0.2, 0) is 21.4 Å². The van der Waals surface area contributed by atoms with Crippen LogP contribution in [0.4, 0.5) is 0 Å². The molecule has 13 nitrogen and oxygen atoms in total. The highest BCUT2D eigenvalue weighted by molar-refractivity contribution is 6.41. The Balaban J connectivity index is 1.47. The number of benzene rings is 2. The number of carbonyl (C=O) groups excluding carboxylic acids is 4. The van der Waals surface area contributed by atoms with E-state index in [1.54, 1.807) is 0 Å². The number of allylic oxidation sites excluding steroid dienone is 2. The largest absolute Gasteiger partial charge is 0.507 e. The van der Waals surface area contributed by atoms with Gasteiger partial charge in [-0.1, -0.05) is 16.8 Å². The highest BCUT2D eigenvalue weighted by Gasteiger charge is 2.62. The molecule has 0 amide bonds. The molecule has 1 spiro atoms. The number of halogens is 1. The lowest BCUT2D eigenvalue weighted by atomic mass is 9.76. The van der Waals surface area contributed by atoms with Gasteiger partial charge in [0.15, 0.2) is 23.1 Å². The highest BCUT2D eigenvalue weighted by atomic mass is 35.5. The number of ether oxygens (including phenoxy) is 1. The number of aromatic hydroxyl groups is 3. The van der Waals surface area contributed by atoms with Gasteiger partial charge in [-0.25, -0.2) is 0 Å². The Hall–Kier alpha value is -5.01. The number of phenolic OH excluding ortho intramolecular Hbond substituents is 3. The zero-order valence-corrected chi connectivity index (χ0v) is 25.0. The van der Waals surface area contributed by atoms with Crippen molar-refractivity contribution in [1.82, 2.24) is 9.88 Å². The van der Waals surface area contributed by atoms with Crippen molar-refractivity contribution < 1.29 is 44.1 Å². The summed E-state index contributed by atoms with van der Waals surface area (Å²) in [7, 11) is 4.98. The number of rotatable bonds is 7. The second-order valence-corrected chi connectivity index (χ2v) is 11.6. The van der Waals surface area contributed by atoms with Gasteiger partial charge in [0.2, 0.25) is 5.78 Å². The molecule has 1 heterocycles. The van der Waals surface area contributed by atoms with E-state index in [0.717, 1.165) is 26.2 Å². The number of nitrogens with zero attached hydrogens (tertiary/aromatic N) is 2. The molecule has 4 N–H and O–H groups in total. The fourth-order valence-corrected chi connectivity index (χ4v) is 6.80. The van der Waals surface area contributed by atoms with Crippen molar-refractivity contribution in [2.75, 3.05) is 34.4 Å². The molecule has 6 rings (SSSR count). The molecule has 14 heteroatoms. The van der Waals surface area contributed by atoms with Crippen LogP contribution in [0.25, 0.3) is 10.8 Å². The molecule has 3 aliphatic carbocycles. The molecule has 45 heavy (non-hydrogen) atoms. The Labute approximate surface area is 259 Å². The first-order chi connectivity index (χ1) is 21.4. The van der Waals surface area contributed by atoms with Crippen LogP contribution in [0.5, 0.6) is 17.2 Å². The van der Waals surface area contributed by atoms with Gasteiger partial charge in [0.25, 0.3) is 5.56 Å². The summed E-state index contributed by atoms with van der Waals surface area (Å²) in [5.74, 6) is -6.98. The van der Waals surface area contributed by atoms with Crippen LogP contribution >= 0.6 is 11.6 Å². The minimum Gasteiger partial charge on any atom is -0.507 e. The number of pyridine rings is 1. The van der Waals surface area contributed by atoms with Gasteiger partial charge in [-0.2, -0.15) is 0 Å². The Morgan fingerprint density at radius 2 is 1.69 bits per heavy atom. The average molecular weight is 636 g/mol. The Kier molecular flexibility index (Phi) is 7.05. The topological polar surface area (TPSA) is 196 Å². The Bertz CT molecular complexity index is 2030. The van der Waals surface area contributed by atoms with E-state index in [2.05, 4.69) is 10.1 Å². The van der Waals surface area contributed by atoms with E-state index < -0.39 is 79.4 Å². The first-order valence-electron chi connectivity index (χ1n) is 13.8. The third-order valence-electron chi connectivity index (χ3n) is 8.47. The van der Waals surface area contributed by atoms with Gasteiger partial charge >= 0.3 is 0 Å². The van der Waals surface area contributed by atoms with E-state index in [4.69, 9.17) is 21.2 Å². The molecule has 3 aliphatic rings. The van der Waals surface area contributed by atoms with Crippen LogP contribution in [0, 0.1) is 0 Å². The van der Waals surface area contributed by atoms with Crippen molar-refractivity contribution in [3.63, 3.8) is 0 Å². The van der Waals surface area contributed by atoms with E-state index in [1.807, 2.05) is 19.0 Å². The number of fused-ring (bicyclic) bond motifs is 5. The van der Waals surface area contributed by atoms with Crippen LogP contribution in [0.1, 0.15) is 71.1 Å². The number of ketones is 4. The maximum Gasteiger partial charge on any atom is 0.260 e. The molecule has 0 saturated carbocycles. The van der Waals surface area contributed by atoms with Gasteiger partial charge in [0.05, 0.1) is 51.7 Å². The van der Waals surface area contributed by atoms with Crippen molar-refractivity contribution in [1.29, 1.82) is 0 Å². The van der Waals surface area contributed by atoms with Gasteiger partial charge in [-0.3, -0.25) is 24.0 Å². The highest BCUT2D eigenvalue weighted by Crippen LogP contribution is 2.58. The van der Waals surface area contributed by atoms with Gasteiger partial charge in [0.1, 0.15) is 29.3 Å². The fraction of sp³-hybridized carbons (Fsp3) is 0.290. The summed E-state index contributed by atoms with van der Waals surface area (Å²) >= 11 is 6.76. The van der Waals surface area contributed by atoms with Gasteiger partial charge in [0, 0.05) is 23.6 Å². The van der Waals surface area contributed by atoms with Crippen molar-refractivity contribution >= 4 is 51.7 Å². The molecular formula is C31H26ClN3O10. The molecule has 232 valence electrons. The van der Waals surface area contributed by atoms with E-state index in [0.29, 0.717) is 6.61 Å². The number of nitrogens with one attached hydrogen (secondary N) is 1. The number of H-pyrrole nitrogens is 1. The first-order valence-corrected chi connectivity index (χ1v) is 14.2. The maximum atomic E-state index is 14.2. The number of aromatic amines is 1. The number of oxime groups is 1. The SMILES string of the molecule is COC1=CC(=O)c2c(O)c3c(c(O)c2C1=O)C(=O)[C@]1(CCc2c1c(O)c1c(=O)[nH]c(C=NOCCCN(C)C)cc1c2Cl)C3=O. The zero-order valence-electron chi connectivity index (χ0n) is 24.2. The number of hydrogen-bond donors (Lipinski definition) is 4. The maximum absolute atomic E-state index is 14.2. The summed E-state index contributed by atoms with van der Waals surface area (Å²) in [4.78, 5) is 77.1. The van der Waals surface area contributed by atoms with Crippen LogP contribution in [-0.4, -0.2) is 88.9 Å². The second kappa shape index (κ2) is 10.6. The minimum absolute atomic E-state index is 0.00280. The van der Waals surface area contributed by atoms with Crippen LogP contribution in [0.15, 0.2) is 27.9 Å². The standard InChI is InChI=1S/C31H26ClN3O10/c1-35(2)7-4-8-45-33-11-12-9-14-17(30(43)34-12)27(40)22-13(23(14)32)5-6-31(22)28(41)20-21(29(31)42)26(39)19-18(25(20)38)15(36)10-16(44-3)24(19)37/h9-11,38-40H,4-8H2,1-3H3,(H,34,43)/t31-/m0/s1. The number of hydrogen-bond acceptors (Lipinski definition) is 12. The molecule has 0 bridgehead atoms. The van der Waals surface area contributed by atoms with Gasteiger partial charge in [-0.05, 0) is 45.0 Å². The molecule has 0 fully saturated rings. The summed E-state index contributed by atoms with van der Waals surface area (Å²) in [5, 5.41) is 37.5. The molecule has 0 unspecified atom stereocenters. The first kappa shape index (κ1) is 30.0. The van der Waals surface area contributed by atoms with Crippen molar-refractivity contribution in [3.05, 3.63) is 72.4 Å². The van der Waals surface area contributed by atoms with Crippen molar-refractivity contribution in [2.24, 2.45) is 5.16 Å². The van der Waals surface area contributed by atoms with Crippen molar-refractivity contribution in [2.45, 2.75) is 24.7 Å². The molecule has 1 atom stereocenters. The second-order valence-electron chi connectivity index (χ2n) is 11.3. The number of carbonyl (C=O) groups is 4. The van der Waals surface area contributed by atoms with Crippen LogP contribution in [0.3, 0.4) is 0 Å². The molecule has 2 aromatic carbocycles. The summed E-state index contributed by atoms with van der Waals surface area (Å²) in [6, 6.07) is 1.47. The normalized spacial score (nSPS) is 18.7. The van der Waals surface area contributed by atoms with Gasteiger partial charge in [-0.15, -0.1) is 0 Å². The molecular weight excluding hydrogens is 610 g/mol. The third-order valence-corrected chi connectivity index (χ3v) is 8.90. The van der Waals surface area contributed by atoms with E-state index in [1.165, 1.54) is 12.3 Å². The van der Waals surface area contributed by atoms with Crippen LogP contribution < -0.4 is 5.56 Å². The predicted octanol–water partition coefficient (Wildman–Crippen LogP) is 2.77. The summed E-state index contributed by atoms with van der Waals surface area (Å²) in [6.45, 7) is 1.14. The zero-order chi connectivity index (χ0) is 32.5. The number of methoxy groups -OCH3 is 1. The van der Waals surface area contributed by atoms with Crippen molar-refractivity contribution in [3.8, 4) is 17.2 Å². The summed E-state index contributed by atoms with van der Waals surface area (Å²) < 4.78 is 4.92. The van der Waals surface area contributed by atoms with E-state index >= 15 is 0 Å². The smallest absolute Gasteiger partial charge is 0.260 e. The van der Waals surface area contributed by atoms with Crippen LogP contribution in [0.2, 0.25) is 5.02 Å². The fourth-order valence-electron chi connectivity index (χ4n) is 6.46. The molecule has 3 aromatic rings. The number of aromatic nitrogens is 1.